The van der Waals surface area contributed by atoms with E-state index in [0.717, 1.165) is 6.07 Å². The van der Waals surface area contributed by atoms with E-state index in [0.29, 0.717) is 12.3 Å². The highest BCUT2D eigenvalue weighted by Gasteiger charge is 2.39. The molecule has 96 valence electrons. The lowest BCUT2D eigenvalue weighted by Gasteiger charge is -2.13. The molecule has 0 spiro atoms. The number of aromatic nitrogens is 1. The first-order valence-electron chi connectivity index (χ1n) is 3.81. The van der Waals surface area contributed by atoms with Crippen LogP contribution in [0.5, 0.6) is 0 Å². The van der Waals surface area contributed by atoms with Gasteiger partial charge in [0.1, 0.15) is 0 Å². The van der Waals surface area contributed by atoms with Crippen molar-refractivity contribution >= 4 is 57.6 Å². The Morgan fingerprint density at radius 3 is 1.94 bits per heavy atom. The van der Waals surface area contributed by atoms with Crippen molar-refractivity contribution in [1.82, 2.24) is 4.98 Å². The lowest BCUT2D eigenvalue weighted by Crippen LogP contribution is -2.19. The van der Waals surface area contributed by atoms with Crippen LogP contribution in [0.1, 0.15) is 5.56 Å². The summed E-state index contributed by atoms with van der Waals surface area (Å²) < 4.78 is 58.5. The second-order valence-corrected chi connectivity index (χ2v) is 13.2. The SMILES string of the molecule is O=S(=O)(c1ccc(C(F)(F)F)cn1)C(Br)(Br)Br. The molecule has 17 heavy (non-hydrogen) atoms. The Morgan fingerprint density at radius 2 is 1.65 bits per heavy atom. The van der Waals surface area contributed by atoms with Gasteiger partial charge in [-0.1, -0.05) is 0 Å². The molecule has 0 saturated heterocycles. The maximum absolute atomic E-state index is 12.2. The molecule has 0 amide bonds. The van der Waals surface area contributed by atoms with Crippen molar-refractivity contribution in [2.45, 2.75) is 12.7 Å². The van der Waals surface area contributed by atoms with E-state index in [-0.39, 0.29) is 0 Å². The summed E-state index contributed by atoms with van der Waals surface area (Å²) in [6.07, 6.45) is -4.09. The largest absolute Gasteiger partial charge is 0.417 e. The van der Waals surface area contributed by atoms with Crippen molar-refractivity contribution in [2.24, 2.45) is 0 Å². The van der Waals surface area contributed by atoms with E-state index < -0.39 is 28.1 Å². The van der Waals surface area contributed by atoms with Crippen molar-refractivity contribution in [2.75, 3.05) is 0 Å². The fourth-order valence-electron chi connectivity index (χ4n) is 0.826. The Bertz CT molecular complexity index is 507. The van der Waals surface area contributed by atoms with Crippen molar-refractivity contribution in [3.8, 4) is 0 Å². The van der Waals surface area contributed by atoms with Crippen LogP contribution in [0.2, 0.25) is 0 Å². The summed E-state index contributed by atoms with van der Waals surface area (Å²) in [5.41, 5.74) is -1.01. The maximum atomic E-state index is 12.2. The van der Waals surface area contributed by atoms with Crippen LogP contribution in [0, 0.1) is 0 Å². The molecular formula is C7H3Br3F3NO2S. The van der Waals surface area contributed by atoms with E-state index in [1.54, 1.807) is 0 Å². The van der Waals surface area contributed by atoms with Crippen LogP contribution in [-0.4, -0.2) is 14.9 Å². The van der Waals surface area contributed by atoms with Gasteiger partial charge in [-0.3, -0.25) is 0 Å². The monoisotopic (exact) mass is 459 g/mol. The zero-order chi connectivity index (χ0) is 13.5. The Labute approximate surface area is 120 Å². The van der Waals surface area contributed by atoms with Gasteiger partial charge < -0.3 is 0 Å². The number of rotatable bonds is 1. The van der Waals surface area contributed by atoms with Crippen LogP contribution in [0.25, 0.3) is 0 Å². The summed E-state index contributed by atoms with van der Waals surface area (Å²) in [5, 5.41) is -0.490. The molecule has 0 N–H and O–H groups in total. The van der Waals surface area contributed by atoms with Gasteiger partial charge in [0.05, 0.1) is 5.56 Å². The number of hydrogen-bond donors (Lipinski definition) is 0. The fourth-order valence-corrected chi connectivity index (χ4v) is 2.99. The Hall–Kier alpha value is 0.330. The standard InChI is InChI=1S/C7H3Br3F3NO2S/c8-7(9,10)17(15,16)5-2-1-4(3-14-5)6(11,12)13/h1-3H. The molecule has 1 aromatic heterocycles. The minimum atomic E-state index is -4.55. The van der Waals surface area contributed by atoms with Gasteiger partial charge in [-0.15, -0.1) is 0 Å². The molecule has 0 aliphatic carbocycles. The van der Waals surface area contributed by atoms with Crippen molar-refractivity contribution in [1.29, 1.82) is 0 Å². The third-order valence-corrected chi connectivity index (χ3v) is 6.88. The van der Waals surface area contributed by atoms with Crippen LogP contribution in [-0.2, 0) is 16.0 Å². The first-order valence-corrected chi connectivity index (χ1v) is 7.67. The molecule has 1 heterocycles. The molecule has 10 heteroatoms. The van der Waals surface area contributed by atoms with Gasteiger partial charge in [0.25, 0.3) is 0 Å². The molecule has 3 nitrogen and oxygen atoms in total. The number of hydrogen-bond acceptors (Lipinski definition) is 3. The van der Waals surface area contributed by atoms with Crippen molar-refractivity contribution in [3.63, 3.8) is 0 Å². The summed E-state index contributed by atoms with van der Waals surface area (Å²) in [5.74, 6) is 0. The molecule has 0 saturated carbocycles. The molecule has 0 bridgehead atoms. The number of halogens is 6. The van der Waals surface area contributed by atoms with E-state index in [1.807, 2.05) is 0 Å². The van der Waals surface area contributed by atoms with Gasteiger partial charge in [-0.05, 0) is 59.9 Å². The summed E-state index contributed by atoms with van der Waals surface area (Å²) in [4.78, 5) is 3.29. The lowest BCUT2D eigenvalue weighted by atomic mass is 10.3. The van der Waals surface area contributed by atoms with Gasteiger partial charge in [0, 0.05) is 6.20 Å². The van der Waals surface area contributed by atoms with Crippen LogP contribution in [0.15, 0.2) is 23.4 Å². The number of sulfone groups is 1. The Balaban J connectivity index is 3.22. The van der Waals surface area contributed by atoms with E-state index in [2.05, 4.69) is 52.8 Å². The third kappa shape index (κ3) is 3.42. The highest BCUT2D eigenvalue weighted by atomic mass is 80.0. The summed E-state index contributed by atoms with van der Waals surface area (Å²) in [7, 11) is -3.97. The zero-order valence-electron chi connectivity index (χ0n) is 7.67. The molecule has 0 aliphatic rings. The first-order chi connectivity index (χ1) is 7.46. The third-order valence-electron chi connectivity index (χ3n) is 1.64. The minimum Gasteiger partial charge on any atom is -0.244 e. The highest BCUT2D eigenvalue weighted by Crippen LogP contribution is 2.42. The van der Waals surface area contributed by atoms with E-state index >= 15 is 0 Å². The quantitative estimate of drug-likeness (QED) is 0.600. The lowest BCUT2D eigenvalue weighted by molar-refractivity contribution is -0.137. The van der Waals surface area contributed by atoms with Gasteiger partial charge >= 0.3 is 6.18 Å². The molecule has 1 rings (SSSR count). The summed E-state index contributed by atoms with van der Waals surface area (Å²) in [6.45, 7) is 0. The zero-order valence-corrected chi connectivity index (χ0v) is 13.2. The van der Waals surface area contributed by atoms with Gasteiger partial charge in [0.2, 0.25) is 11.3 Å². The molecule has 1 aromatic rings. The Kier molecular flexibility index (Phi) is 4.33. The molecule has 0 atom stereocenters. The number of alkyl halides is 6. The number of pyridine rings is 1. The van der Waals surface area contributed by atoms with Gasteiger partial charge in [-0.2, -0.15) is 13.2 Å². The van der Waals surface area contributed by atoms with E-state index in [9.17, 15) is 21.6 Å². The van der Waals surface area contributed by atoms with E-state index in [1.165, 1.54) is 0 Å². The average Bonchev–Trinajstić information content (AvgIpc) is 2.15. The molecular weight excluding hydrogens is 459 g/mol. The average molecular weight is 462 g/mol. The summed E-state index contributed by atoms with van der Waals surface area (Å²) >= 11 is 8.33. The van der Waals surface area contributed by atoms with Gasteiger partial charge in [-0.25, -0.2) is 13.4 Å². The minimum absolute atomic E-state index is 0.464. The van der Waals surface area contributed by atoms with Crippen molar-refractivity contribution in [3.05, 3.63) is 23.9 Å². The normalized spacial score (nSPS) is 13.8. The van der Waals surface area contributed by atoms with Crippen LogP contribution < -0.4 is 0 Å². The topological polar surface area (TPSA) is 47.0 Å². The molecule has 0 aliphatic heterocycles. The molecule has 0 fully saturated rings. The molecule has 0 aromatic carbocycles. The maximum Gasteiger partial charge on any atom is 0.417 e. The Morgan fingerprint density at radius 1 is 1.12 bits per heavy atom. The highest BCUT2D eigenvalue weighted by molar-refractivity contribution is 9.42. The smallest absolute Gasteiger partial charge is 0.244 e. The second kappa shape index (κ2) is 4.78. The van der Waals surface area contributed by atoms with Crippen molar-refractivity contribution < 1.29 is 21.6 Å². The second-order valence-electron chi connectivity index (χ2n) is 2.83. The summed E-state index contributed by atoms with van der Waals surface area (Å²) in [6, 6.07) is 1.44. The molecule has 0 radical (unpaired) electrons. The molecule has 0 unspecified atom stereocenters. The number of nitrogens with zero attached hydrogens (tertiary/aromatic N) is 1. The van der Waals surface area contributed by atoms with Crippen LogP contribution in [0.4, 0.5) is 13.2 Å². The van der Waals surface area contributed by atoms with Gasteiger partial charge in [0.15, 0.2) is 5.03 Å². The van der Waals surface area contributed by atoms with Crippen LogP contribution >= 0.6 is 47.8 Å². The first kappa shape index (κ1) is 15.4. The fraction of sp³-hybridized carbons (Fsp3) is 0.286. The van der Waals surface area contributed by atoms with E-state index in [4.69, 9.17) is 0 Å². The predicted molar refractivity (Wildman–Crippen MR) is 65.9 cm³/mol. The predicted octanol–water partition coefficient (Wildman–Crippen LogP) is 3.67. The van der Waals surface area contributed by atoms with Crippen LogP contribution in [0.3, 0.4) is 0 Å².